The van der Waals surface area contributed by atoms with Crippen LogP contribution in [0.1, 0.15) is 32.3 Å². The summed E-state index contributed by atoms with van der Waals surface area (Å²) in [5.41, 5.74) is 1.44. The van der Waals surface area contributed by atoms with E-state index in [9.17, 15) is 8.42 Å². The van der Waals surface area contributed by atoms with E-state index < -0.39 is 10.0 Å². The molecule has 0 unspecified atom stereocenters. The zero-order valence-corrected chi connectivity index (χ0v) is 18.2. The summed E-state index contributed by atoms with van der Waals surface area (Å²) in [7, 11) is -1.52. The second-order valence-corrected chi connectivity index (χ2v) is 9.46. The molecule has 26 heavy (non-hydrogen) atoms. The largest absolute Gasteiger partial charge is 0.356 e. The zero-order valence-electron chi connectivity index (χ0n) is 15.8. The first kappa shape index (κ1) is 21.2. The van der Waals surface area contributed by atoms with Gasteiger partial charge in [-0.2, -0.15) is 0 Å². The number of halogens is 1. The number of sulfonamides is 1. The number of hydrogen-bond acceptors (Lipinski definition) is 3. The van der Waals surface area contributed by atoms with Crippen molar-refractivity contribution in [2.45, 2.75) is 32.1 Å². The Labute approximate surface area is 165 Å². The molecule has 1 aromatic carbocycles. The van der Waals surface area contributed by atoms with Gasteiger partial charge >= 0.3 is 0 Å². The summed E-state index contributed by atoms with van der Waals surface area (Å²) in [6, 6.07) is 8.31. The molecule has 0 spiro atoms. The molecule has 0 bridgehead atoms. The van der Waals surface area contributed by atoms with Crippen LogP contribution in [0.4, 0.5) is 0 Å². The third-order valence-corrected chi connectivity index (χ3v) is 7.58. The van der Waals surface area contributed by atoms with Crippen LogP contribution < -0.4 is 10.6 Å². The highest BCUT2D eigenvalue weighted by Crippen LogP contribution is 2.49. The van der Waals surface area contributed by atoms with Gasteiger partial charge in [0, 0.05) is 43.1 Å². The average Bonchev–Trinajstić information content (AvgIpc) is 3.40. The first-order valence-corrected chi connectivity index (χ1v) is 11.5. The first-order chi connectivity index (χ1) is 12.4. The SMILES string of the molecule is CCN(CC)S(=O)(=O)CCNC(=NC)NCC1(c2ccccc2Br)CC1. The minimum atomic E-state index is -3.22. The molecule has 1 aromatic rings. The third kappa shape index (κ3) is 5.20. The summed E-state index contributed by atoms with van der Waals surface area (Å²) in [6.07, 6.45) is 2.27. The monoisotopic (exact) mass is 444 g/mol. The van der Waals surface area contributed by atoms with Crippen LogP contribution in [0, 0.1) is 0 Å². The van der Waals surface area contributed by atoms with Crippen LogP contribution in [0.15, 0.2) is 33.7 Å². The van der Waals surface area contributed by atoms with Gasteiger partial charge in [-0.25, -0.2) is 12.7 Å². The fourth-order valence-electron chi connectivity index (χ4n) is 3.10. The lowest BCUT2D eigenvalue weighted by atomic mass is 9.96. The van der Waals surface area contributed by atoms with E-state index in [1.54, 1.807) is 7.05 Å². The van der Waals surface area contributed by atoms with Gasteiger partial charge in [0.05, 0.1) is 5.75 Å². The highest BCUT2D eigenvalue weighted by Gasteiger charge is 2.45. The van der Waals surface area contributed by atoms with Crippen molar-refractivity contribution in [3.63, 3.8) is 0 Å². The molecule has 0 aromatic heterocycles. The van der Waals surface area contributed by atoms with Crippen LogP contribution in [0.5, 0.6) is 0 Å². The number of guanidine groups is 1. The molecule has 0 amide bonds. The average molecular weight is 445 g/mol. The number of hydrogen-bond donors (Lipinski definition) is 2. The minimum absolute atomic E-state index is 0.0603. The smallest absolute Gasteiger partial charge is 0.215 e. The lowest BCUT2D eigenvalue weighted by Crippen LogP contribution is -2.44. The molecule has 2 rings (SSSR count). The Morgan fingerprint density at radius 1 is 1.23 bits per heavy atom. The van der Waals surface area contributed by atoms with E-state index >= 15 is 0 Å². The van der Waals surface area contributed by atoms with Crippen LogP contribution in [-0.4, -0.2) is 57.7 Å². The maximum Gasteiger partial charge on any atom is 0.215 e. The van der Waals surface area contributed by atoms with E-state index in [1.807, 2.05) is 19.9 Å². The van der Waals surface area contributed by atoms with Crippen LogP contribution in [0.2, 0.25) is 0 Å². The summed E-state index contributed by atoms with van der Waals surface area (Å²) in [5.74, 6) is 0.697. The summed E-state index contributed by atoms with van der Waals surface area (Å²) >= 11 is 3.64. The molecular weight excluding hydrogens is 416 g/mol. The molecule has 0 atom stereocenters. The first-order valence-electron chi connectivity index (χ1n) is 9.06. The lowest BCUT2D eigenvalue weighted by molar-refractivity contribution is 0.445. The Kier molecular flexibility index (Phi) is 7.49. The van der Waals surface area contributed by atoms with Crippen LogP contribution in [0.3, 0.4) is 0 Å². The standard InChI is InChI=1S/C18H29BrN4O2S/c1-4-23(5-2)26(24,25)13-12-21-17(20-3)22-14-18(10-11-18)15-8-6-7-9-16(15)19/h6-9H,4-5,10-14H2,1-3H3,(H2,20,21,22). The van der Waals surface area contributed by atoms with Gasteiger partial charge in [-0.3, -0.25) is 4.99 Å². The Bertz CT molecular complexity index is 728. The van der Waals surface area contributed by atoms with Crippen molar-refractivity contribution in [3.8, 4) is 0 Å². The number of nitrogens with one attached hydrogen (secondary N) is 2. The van der Waals surface area contributed by atoms with Gasteiger partial charge in [0.1, 0.15) is 0 Å². The molecule has 1 saturated carbocycles. The Morgan fingerprint density at radius 3 is 2.42 bits per heavy atom. The lowest BCUT2D eigenvalue weighted by Gasteiger charge is -2.21. The molecule has 0 aliphatic heterocycles. The van der Waals surface area contributed by atoms with E-state index in [2.05, 4.69) is 49.8 Å². The van der Waals surface area contributed by atoms with Crippen molar-refractivity contribution < 1.29 is 8.42 Å². The number of rotatable bonds is 9. The van der Waals surface area contributed by atoms with Gasteiger partial charge < -0.3 is 10.6 Å². The Hall–Kier alpha value is -1.12. The highest BCUT2D eigenvalue weighted by molar-refractivity contribution is 9.10. The topological polar surface area (TPSA) is 73.8 Å². The van der Waals surface area contributed by atoms with E-state index in [-0.39, 0.29) is 11.2 Å². The van der Waals surface area contributed by atoms with Gasteiger partial charge in [-0.1, -0.05) is 48.0 Å². The van der Waals surface area contributed by atoms with Crippen LogP contribution >= 0.6 is 15.9 Å². The summed E-state index contributed by atoms with van der Waals surface area (Å²) in [6.45, 7) is 5.82. The normalized spacial score (nSPS) is 16.6. The van der Waals surface area contributed by atoms with Crippen LogP contribution in [0.25, 0.3) is 0 Å². The van der Waals surface area contributed by atoms with Crippen molar-refractivity contribution in [3.05, 3.63) is 34.3 Å². The molecule has 1 aliphatic carbocycles. The molecule has 146 valence electrons. The van der Waals surface area contributed by atoms with E-state index in [0.717, 1.165) is 23.9 Å². The van der Waals surface area contributed by atoms with Crippen molar-refractivity contribution in [2.24, 2.45) is 4.99 Å². The van der Waals surface area contributed by atoms with E-state index in [4.69, 9.17) is 0 Å². The summed E-state index contributed by atoms with van der Waals surface area (Å²) in [5, 5.41) is 6.47. The molecular formula is C18H29BrN4O2S. The molecule has 0 saturated heterocycles. The molecule has 0 heterocycles. The van der Waals surface area contributed by atoms with Gasteiger partial charge in [0.2, 0.25) is 10.0 Å². The van der Waals surface area contributed by atoms with Crippen molar-refractivity contribution in [1.82, 2.24) is 14.9 Å². The second kappa shape index (κ2) is 9.19. The van der Waals surface area contributed by atoms with Crippen LogP contribution in [-0.2, 0) is 15.4 Å². The Balaban J connectivity index is 1.87. The fraction of sp³-hybridized carbons (Fsp3) is 0.611. The maximum atomic E-state index is 12.2. The molecule has 8 heteroatoms. The van der Waals surface area contributed by atoms with Gasteiger partial charge in [-0.15, -0.1) is 0 Å². The molecule has 6 nitrogen and oxygen atoms in total. The molecule has 2 N–H and O–H groups in total. The third-order valence-electron chi connectivity index (χ3n) is 4.87. The molecule has 1 fully saturated rings. The van der Waals surface area contributed by atoms with Gasteiger partial charge in [-0.05, 0) is 24.5 Å². The zero-order chi connectivity index (χ0) is 19.2. The van der Waals surface area contributed by atoms with Gasteiger partial charge in [0.25, 0.3) is 0 Å². The summed E-state index contributed by atoms with van der Waals surface area (Å²) < 4.78 is 27.1. The predicted octanol–water partition coefficient (Wildman–Crippen LogP) is 2.32. The fourth-order valence-corrected chi connectivity index (χ4v) is 5.21. The maximum absolute atomic E-state index is 12.2. The predicted molar refractivity (Wildman–Crippen MR) is 111 cm³/mol. The summed E-state index contributed by atoms with van der Waals surface area (Å²) in [4.78, 5) is 4.21. The second-order valence-electron chi connectivity index (χ2n) is 6.51. The number of aliphatic imine (C=N–C) groups is 1. The van der Waals surface area contributed by atoms with E-state index in [0.29, 0.717) is 25.6 Å². The number of benzene rings is 1. The van der Waals surface area contributed by atoms with Crippen molar-refractivity contribution in [2.75, 3.05) is 39.0 Å². The highest BCUT2D eigenvalue weighted by atomic mass is 79.9. The molecule has 1 aliphatic rings. The molecule has 0 radical (unpaired) electrons. The number of nitrogens with zero attached hydrogens (tertiary/aromatic N) is 2. The Morgan fingerprint density at radius 2 is 1.88 bits per heavy atom. The van der Waals surface area contributed by atoms with Crippen molar-refractivity contribution >= 4 is 31.9 Å². The quantitative estimate of drug-likeness (QED) is 0.452. The van der Waals surface area contributed by atoms with E-state index in [1.165, 1.54) is 9.87 Å². The van der Waals surface area contributed by atoms with Gasteiger partial charge in [0.15, 0.2) is 5.96 Å². The minimum Gasteiger partial charge on any atom is -0.356 e. The van der Waals surface area contributed by atoms with Crippen molar-refractivity contribution in [1.29, 1.82) is 0 Å².